The molecule has 2 aromatic heterocycles. The van der Waals surface area contributed by atoms with Crippen molar-refractivity contribution in [2.75, 3.05) is 13.7 Å². The molecule has 3 aromatic rings. The van der Waals surface area contributed by atoms with Gasteiger partial charge in [0, 0.05) is 24.4 Å². The number of H-pyrrole nitrogens is 1. The molecule has 0 atom stereocenters. The molecule has 0 saturated heterocycles. The van der Waals surface area contributed by atoms with E-state index in [0.29, 0.717) is 24.4 Å². The highest BCUT2D eigenvalue weighted by Crippen LogP contribution is 2.20. The first kappa shape index (κ1) is 19.1. The Bertz CT molecular complexity index is 1060. The number of carbonyl (C=O) groups is 1. The molecule has 0 fully saturated rings. The lowest BCUT2D eigenvalue weighted by molar-refractivity contribution is 0.0946. The predicted molar refractivity (Wildman–Crippen MR) is 104 cm³/mol. The van der Waals surface area contributed by atoms with E-state index < -0.39 is 17.2 Å². The van der Waals surface area contributed by atoms with Gasteiger partial charge in [0.2, 0.25) is 11.6 Å². The number of aromatic hydroxyl groups is 1. The normalized spacial score (nSPS) is 10.5. The monoisotopic (exact) mass is 380 g/mol. The fraction of sp³-hybridized carbons (Fsp3) is 0.200. The van der Waals surface area contributed by atoms with Crippen LogP contribution in [0.1, 0.15) is 21.6 Å². The molecule has 0 spiro atoms. The minimum absolute atomic E-state index is 0.227. The smallest absolute Gasteiger partial charge is 0.294 e. The van der Waals surface area contributed by atoms with Gasteiger partial charge in [-0.05, 0) is 30.5 Å². The van der Waals surface area contributed by atoms with Crippen molar-refractivity contribution in [1.82, 2.24) is 20.3 Å². The van der Waals surface area contributed by atoms with E-state index in [4.69, 9.17) is 4.74 Å². The molecule has 1 amide bonds. The molecular formula is C20H20N4O4. The Balaban J connectivity index is 1.77. The second-order valence-electron chi connectivity index (χ2n) is 6.14. The Labute approximate surface area is 161 Å². The van der Waals surface area contributed by atoms with Crippen molar-refractivity contribution < 1.29 is 14.6 Å². The number of rotatable bonds is 6. The lowest BCUT2D eigenvalue weighted by Crippen LogP contribution is -2.28. The highest BCUT2D eigenvalue weighted by atomic mass is 16.5. The van der Waals surface area contributed by atoms with Crippen LogP contribution in [0.5, 0.6) is 11.6 Å². The number of pyridine rings is 1. The molecule has 0 radical (unpaired) electrons. The first-order chi connectivity index (χ1) is 13.5. The Morgan fingerprint density at radius 2 is 2.07 bits per heavy atom. The third-order valence-corrected chi connectivity index (χ3v) is 4.22. The zero-order valence-corrected chi connectivity index (χ0v) is 15.5. The average molecular weight is 380 g/mol. The fourth-order valence-corrected chi connectivity index (χ4v) is 2.71. The number of hydrogen-bond donors (Lipinski definition) is 3. The molecule has 2 heterocycles. The summed E-state index contributed by atoms with van der Waals surface area (Å²) in [5.41, 5.74) is 1.41. The number of hydrogen-bond acceptors (Lipinski definition) is 6. The van der Waals surface area contributed by atoms with Gasteiger partial charge in [-0.25, -0.2) is 9.97 Å². The van der Waals surface area contributed by atoms with Crippen molar-refractivity contribution >= 4 is 5.91 Å². The molecule has 28 heavy (non-hydrogen) atoms. The summed E-state index contributed by atoms with van der Waals surface area (Å²) < 4.78 is 5.07. The van der Waals surface area contributed by atoms with E-state index in [1.165, 1.54) is 7.11 Å². The number of nitrogens with one attached hydrogen (secondary N) is 2. The van der Waals surface area contributed by atoms with E-state index in [1.807, 2.05) is 25.1 Å². The summed E-state index contributed by atoms with van der Waals surface area (Å²) in [6.07, 6.45) is 2.15. The molecule has 8 heteroatoms. The SMILES string of the molecule is COc1cc(CCNC(=O)c2nc(-c3ccccc3C)[nH]c(=O)c2O)ccn1. The summed E-state index contributed by atoms with van der Waals surface area (Å²) in [7, 11) is 1.53. The maximum atomic E-state index is 12.5. The third kappa shape index (κ3) is 4.17. The summed E-state index contributed by atoms with van der Waals surface area (Å²) in [5.74, 6) is -0.620. The van der Waals surface area contributed by atoms with Gasteiger partial charge in [-0.15, -0.1) is 0 Å². The van der Waals surface area contributed by atoms with Gasteiger partial charge in [-0.1, -0.05) is 24.3 Å². The fourth-order valence-electron chi connectivity index (χ4n) is 2.71. The van der Waals surface area contributed by atoms with Gasteiger partial charge in [-0.2, -0.15) is 0 Å². The highest BCUT2D eigenvalue weighted by Gasteiger charge is 2.18. The number of carbonyl (C=O) groups excluding carboxylic acids is 1. The van der Waals surface area contributed by atoms with Gasteiger partial charge in [0.05, 0.1) is 7.11 Å². The van der Waals surface area contributed by atoms with Crippen LogP contribution in [0.25, 0.3) is 11.4 Å². The van der Waals surface area contributed by atoms with Gasteiger partial charge in [-0.3, -0.25) is 9.59 Å². The number of benzene rings is 1. The Morgan fingerprint density at radius 1 is 1.29 bits per heavy atom. The van der Waals surface area contributed by atoms with Crippen LogP contribution in [0.2, 0.25) is 0 Å². The van der Waals surface area contributed by atoms with Crippen molar-refractivity contribution in [3.63, 3.8) is 0 Å². The van der Waals surface area contributed by atoms with Crippen molar-refractivity contribution in [3.05, 3.63) is 69.8 Å². The molecular weight excluding hydrogens is 360 g/mol. The topological polar surface area (TPSA) is 117 Å². The number of nitrogens with zero attached hydrogens (tertiary/aromatic N) is 2. The molecule has 3 rings (SSSR count). The molecule has 0 aliphatic heterocycles. The highest BCUT2D eigenvalue weighted by molar-refractivity contribution is 5.95. The summed E-state index contributed by atoms with van der Waals surface area (Å²) >= 11 is 0. The van der Waals surface area contributed by atoms with Crippen LogP contribution in [0, 0.1) is 6.92 Å². The minimum Gasteiger partial charge on any atom is -0.501 e. The number of methoxy groups -OCH3 is 1. The van der Waals surface area contributed by atoms with Crippen molar-refractivity contribution in [2.45, 2.75) is 13.3 Å². The summed E-state index contributed by atoms with van der Waals surface area (Å²) in [6.45, 7) is 2.16. The average Bonchev–Trinajstić information content (AvgIpc) is 2.70. The summed E-state index contributed by atoms with van der Waals surface area (Å²) in [6, 6.07) is 10.9. The second kappa shape index (κ2) is 8.34. The number of amides is 1. The second-order valence-corrected chi connectivity index (χ2v) is 6.14. The largest absolute Gasteiger partial charge is 0.501 e. The van der Waals surface area contributed by atoms with Gasteiger partial charge < -0.3 is 20.1 Å². The van der Waals surface area contributed by atoms with E-state index in [-0.39, 0.29) is 11.5 Å². The Kier molecular flexibility index (Phi) is 5.69. The van der Waals surface area contributed by atoms with E-state index in [2.05, 4.69) is 20.3 Å². The molecule has 0 saturated carbocycles. The van der Waals surface area contributed by atoms with Crippen molar-refractivity contribution in [3.8, 4) is 23.0 Å². The first-order valence-electron chi connectivity index (χ1n) is 8.66. The molecule has 8 nitrogen and oxygen atoms in total. The van der Waals surface area contributed by atoms with Crippen LogP contribution in [-0.4, -0.2) is 39.6 Å². The maximum Gasteiger partial charge on any atom is 0.294 e. The molecule has 1 aromatic carbocycles. The van der Waals surface area contributed by atoms with Crippen LogP contribution >= 0.6 is 0 Å². The first-order valence-corrected chi connectivity index (χ1v) is 8.66. The van der Waals surface area contributed by atoms with Crippen molar-refractivity contribution in [1.29, 1.82) is 0 Å². The zero-order chi connectivity index (χ0) is 20.1. The van der Waals surface area contributed by atoms with Gasteiger partial charge in [0.25, 0.3) is 11.5 Å². The van der Waals surface area contributed by atoms with E-state index >= 15 is 0 Å². The van der Waals surface area contributed by atoms with Crippen LogP contribution in [0.4, 0.5) is 0 Å². The number of ether oxygens (including phenoxy) is 1. The number of aryl methyl sites for hydroxylation is 1. The van der Waals surface area contributed by atoms with Gasteiger partial charge in [0.1, 0.15) is 5.82 Å². The lowest BCUT2D eigenvalue weighted by Gasteiger charge is -2.09. The third-order valence-electron chi connectivity index (χ3n) is 4.22. The Morgan fingerprint density at radius 3 is 2.82 bits per heavy atom. The zero-order valence-electron chi connectivity index (χ0n) is 15.5. The predicted octanol–water partition coefficient (Wildman–Crippen LogP) is 1.83. The molecule has 0 unspecified atom stereocenters. The maximum absolute atomic E-state index is 12.5. The molecule has 3 N–H and O–H groups in total. The number of aromatic nitrogens is 3. The molecule has 0 aliphatic carbocycles. The van der Waals surface area contributed by atoms with Gasteiger partial charge >= 0.3 is 0 Å². The molecule has 0 bridgehead atoms. The van der Waals surface area contributed by atoms with Crippen LogP contribution in [-0.2, 0) is 6.42 Å². The summed E-state index contributed by atoms with van der Waals surface area (Å²) in [5, 5.41) is 12.7. The standard InChI is InChI=1S/C20H20N4O4/c1-12-5-3-4-6-14(12)18-23-16(17(25)20(27)24-18)19(26)22-10-8-13-7-9-21-15(11-13)28-2/h3-7,9,11,25H,8,10H2,1-2H3,(H,22,26)(H,23,24,27). The summed E-state index contributed by atoms with van der Waals surface area (Å²) in [4.78, 5) is 35.2. The Hall–Kier alpha value is -3.68. The van der Waals surface area contributed by atoms with Crippen LogP contribution in [0.3, 0.4) is 0 Å². The van der Waals surface area contributed by atoms with E-state index in [1.54, 1.807) is 24.4 Å². The molecule has 0 aliphatic rings. The van der Waals surface area contributed by atoms with E-state index in [9.17, 15) is 14.7 Å². The van der Waals surface area contributed by atoms with Crippen molar-refractivity contribution in [2.24, 2.45) is 0 Å². The van der Waals surface area contributed by atoms with Crippen LogP contribution < -0.4 is 15.6 Å². The molecule has 144 valence electrons. The number of aromatic amines is 1. The van der Waals surface area contributed by atoms with Crippen LogP contribution in [0.15, 0.2) is 47.4 Å². The minimum atomic E-state index is -0.766. The quantitative estimate of drug-likeness (QED) is 0.601. The lowest BCUT2D eigenvalue weighted by atomic mass is 10.1. The van der Waals surface area contributed by atoms with Gasteiger partial charge in [0.15, 0.2) is 5.69 Å². The van der Waals surface area contributed by atoms with E-state index in [0.717, 1.165) is 11.1 Å².